The maximum Gasteiger partial charge on any atom is 0.256 e. The summed E-state index contributed by atoms with van der Waals surface area (Å²) in [4.78, 5) is 12.4. The van der Waals surface area contributed by atoms with Gasteiger partial charge in [0.05, 0.1) is 5.69 Å². The van der Waals surface area contributed by atoms with E-state index in [1.165, 1.54) is 0 Å². The third-order valence-electron chi connectivity index (χ3n) is 3.49. The van der Waals surface area contributed by atoms with Crippen LogP contribution < -0.4 is 10.6 Å². The van der Waals surface area contributed by atoms with Crippen molar-refractivity contribution >= 4 is 17.3 Å². The second-order valence-corrected chi connectivity index (χ2v) is 4.83. The molecule has 1 amide bonds. The van der Waals surface area contributed by atoms with Gasteiger partial charge < -0.3 is 15.7 Å². The number of phenols is 1. The summed E-state index contributed by atoms with van der Waals surface area (Å²) in [5, 5.41) is 15.8. The van der Waals surface area contributed by atoms with Crippen molar-refractivity contribution in [2.75, 3.05) is 17.2 Å². The molecule has 0 radical (unpaired) electrons. The number of carbonyl (C=O) groups is 1. The molecule has 4 heteroatoms. The Morgan fingerprint density at radius 2 is 2.00 bits per heavy atom. The fourth-order valence-corrected chi connectivity index (χ4v) is 2.49. The molecular formula is C16H16N2O2. The maximum absolute atomic E-state index is 12.4. The molecule has 0 fully saturated rings. The summed E-state index contributed by atoms with van der Waals surface area (Å²) >= 11 is 0. The molecule has 20 heavy (non-hydrogen) atoms. The highest BCUT2D eigenvalue weighted by Gasteiger charge is 2.17. The molecule has 102 valence electrons. The number of rotatable bonds is 2. The number of benzene rings is 2. The molecular weight excluding hydrogens is 252 g/mol. The molecule has 0 aromatic heterocycles. The monoisotopic (exact) mass is 268 g/mol. The minimum Gasteiger partial charge on any atom is -0.506 e. The van der Waals surface area contributed by atoms with E-state index in [2.05, 4.69) is 10.6 Å². The van der Waals surface area contributed by atoms with Gasteiger partial charge in [0.1, 0.15) is 5.75 Å². The quantitative estimate of drug-likeness (QED) is 0.734. The molecule has 4 nitrogen and oxygen atoms in total. The van der Waals surface area contributed by atoms with Gasteiger partial charge in [-0.25, -0.2) is 0 Å². The summed E-state index contributed by atoms with van der Waals surface area (Å²) in [7, 11) is 0. The molecule has 0 bridgehead atoms. The molecule has 0 atom stereocenters. The van der Waals surface area contributed by atoms with E-state index < -0.39 is 0 Å². The molecule has 0 saturated carbocycles. The highest BCUT2D eigenvalue weighted by atomic mass is 16.3. The van der Waals surface area contributed by atoms with Crippen LogP contribution in [0.4, 0.5) is 11.4 Å². The number of anilines is 2. The first-order valence-electron chi connectivity index (χ1n) is 6.71. The molecule has 1 heterocycles. The molecule has 2 aromatic carbocycles. The van der Waals surface area contributed by atoms with E-state index in [0.717, 1.165) is 30.6 Å². The van der Waals surface area contributed by atoms with Crippen molar-refractivity contribution in [3.8, 4) is 5.75 Å². The van der Waals surface area contributed by atoms with E-state index in [4.69, 9.17) is 0 Å². The van der Waals surface area contributed by atoms with Gasteiger partial charge in [-0.15, -0.1) is 0 Å². The molecule has 0 saturated heterocycles. The van der Waals surface area contributed by atoms with Gasteiger partial charge in [-0.3, -0.25) is 4.79 Å². The Labute approximate surface area is 117 Å². The number of aromatic hydroxyl groups is 1. The zero-order chi connectivity index (χ0) is 13.9. The van der Waals surface area contributed by atoms with Crippen LogP contribution in [0.15, 0.2) is 42.5 Å². The van der Waals surface area contributed by atoms with E-state index in [1.807, 2.05) is 18.2 Å². The Morgan fingerprint density at radius 3 is 2.85 bits per heavy atom. The Hall–Kier alpha value is -2.49. The van der Waals surface area contributed by atoms with E-state index in [0.29, 0.717) is 11.3 Å². The Bertz CT molecular complexity index is 653. The number of amides is 1. The average Bonchev–Trinajstić information content (AvgIpc) is 2.49. The first-order chi connectivity index (χ1) is 9.75. The lowest BCUT2D eigenvalue weighted by molar-refractivity contribution is 0.102. The highest BCUT2D eigenvalue weighted by Crippen LogP contribution is 2.27. The number of fused-ring (bicyclic) bond motifs is 1. The van der Waals surface area contributed by atoms with Crippen LogP contribution in [0.25, 0.3) is 0 Å². The summed E-state index contributed by atoms with van der Waals surface area (Å²) in [6, 6.07) is 12.4. The molecule has 3 N–H and O–H groups in total. The van der Waals surface area contributed by atoms with Gasteiger partial charge in [0, 0.05) is 17.8 Å². The molecule has 1 aliphatic rings. The van der Waals surface area contributed by atoms with Gasteiger partial charge in [-0.05, 0) is 42.7 Å². The molecule has 2 aromatic rings. The first-order valence-corrected chi connectivity index (χ1v) is 6.71. The maximum atomic E-state index is 12.4. The van der Waals surface area contributed by atoms with Crippen molar-refractivity contribution < 1.29 is 9.90 Å². The van der Waals surface area contributed by atoms with Crippen LogP contribution in [-0.4, -0.2) is 17.6 Å². The van der Waals surface area contributed by atoms with Crippen molar-refractivity contribution in [3.05, 3.63) is 53.6 Å². The average molecular weight is 268 g/mol. The van der Waals surface area contributed by atoms with Crippen LogP contribution >= 0.6 is 0 Å². The molecule has 0 unspecified atom stereocenters. The van der Waals surface area contributed by atoms with Crippen molar-refractivity contribution in [1.82, 2.24) is 0 Å². The standard InChI is InChI=1S/C16H16N2O2/c19-15-9-2-1-7-14(15)18-16(20)12-5-3-8-13-11(12)6-4-10-17-13/h1-3,5,7-9,17,19H,4,6,10H2,(H,18,20). The summed E-state index contributed by atoms with van der Waals surface area (Å²) in [5.74, 6) is -0.115. The predicted octanol–water partition coefficient (Wildman–Crippen LogP) is 3.00. The lowest BCUT2D eigenvalue weighted by Gasteiger charge is -2.20. The second-order valence-electron chi connectivity index (χ2n) is 4.83. The van der Waals surface area contributed by atoms with Crippen molar-refractivity contribution in [2.24, 2.45) is 0 Å². The Morgan fingerprint density at radius 1 is 1.15 bits per heavy atom. The van der Waals surface area contributed by atoms with Gasteiger partial charge in [0.2, 0.25) is 0 Å². The summed E-state index contributed by atoms with van der Waals surface area (Å²) in [6.07, 6.45) is 1.92. The van der Waals surface area contributed by atoms with Gasteiger partial charge >= 0.3 is 0 Å². The van der Waals surface area contributed by atoms with Crippen LogP contribution in [-0.2, 0) is 6.42 Å². The third kappa shape index (κ3) is 2.32. The summed E-state index contributed by atoms with van der Waals surface area (Å²) < 4.78 is 0. The van der Waals surface area contributed by atoms with Crippen LogP contribution in [0.1, 0.15) is 22.3 Å². The largest absolute Gasteiger partial charge is 0.506 e. The zero-order valence-electron chi connectivity index (χ0n) is 11.0. The van der Waals surface area contributed by atoms with Crippen LogP contribution in [0.2, 0.25) is 0 Å². The lowest BCUT2D eigenvalue weighted by Crippen LogP contribution is -2.19. The number of para-hydroxylation sites is 2. The highest BCUT2D eigenvalue weighted by molar-refractivity contribution is 6.06. The van der Waals surface area contributed by atoms with E-state index in [-0.39, 0.29) is 11.7 Å². The van der Waals surface area contributed by atoms with Gasteiger partial charge in [0.15, 0.2) is 0 Å². The zero-order valence-corrected chi connectivity index (χ0v) is 11.0. The van der Waals surface area contributed by atoms with Crippen LogP contribution in [0.3, 0.4) is 0 Å². The third-order valence-corrected chi connectivity index (χ3v) is 3.49. The Kier molecular flexibility index (Phi) is 3.29. The minimum atomic E-state index is -0.188. The van der Waals surface area contributed by atoms with Crippen molar-refractivity contribution in [1.29, 1.82) is 0 Å². The number of carbonyl (C=O) groups excluding carboxylic acids is 1. The van der Waals surface area contributed by atoms with Crippen molar-refractivity contribution in [2.45, 2.75) is 12.8 Å². The molecule has 3 rings (SSSR count). The number of phenolic OH excluding ortho intramolecular Hbond substituents is 1. The predicted molar refractivity (Wildman–Crippen MR) is 79.3 cm³/mol. The van der Waals surface area contributed by atoms with Crippen LogP contribution in [0, 0.1) is 0 Å². The molecule has 0 aliphatic carbocycles. The number of hydrogen-bond donors (Lipinski definition) is 3. The van der Waals surface area contributed by atoms with E-state index in [1.54, 1.807) is 24.3 Å². The second kappa shape index (κ2) is 5.25. The fourth-order valence-electron chi connectivity index (χ4n) is 2.49. The van der Waals surface area contributed by atoms with E-state index in [9.17, 15) is 9.90 Å². The van der Waals surface area contributed by atoms with Crippen LogP contribution in [0.5, 0.6) is 5.75 Å². The number of nitrogens with one attached hydrogen (secondary N) is 2. The molecule has 1 aliphatic heterocycles. The minimum absolute atomic E-state index is 0.0729. The fraction of sp³-hybridized carbons (Fsp3) is 0.188. The normalized spacial score (nSPS) is 13.2. The van der Waals surface area contributed by atoms with Crippen molar-refractivity contribution in [3.63, 3.8) is 0 Å². The van der Waals surface area contributed by atoms with Gasteiger partial charge in [0.25, 0.3) is 5.91 Å². The Balaban J connectivity index is 1.90. The summed E-state index contributed by atoms with van der Waals surface area (Å²) in [6.45, 7) is 0.942. The lowest BCUT2D eigenvalue weighted by atomic mass is 9.97. The van der Waals surface area contributed by atoms with E-state index >= 15 is 0 Å². The van der Waals surface area contributed by atoms with Gasteiger partial charge in [-0.1, -0.05) is 18.2 Å². The van der Waals surface area contributed by atoms with Gasteiger partial charge in [-0.2, -0.15) is 0 Å². The topological polar surface area (TPSA) is 61.4 Å². The first kappa shape index (κ1) is 12.5. The smallest absolute Gasteiger partial charge is 0.256 e. The number of hydrogen-bond acceptors (Lipinski definition) is 3. The SMILES string of the molecule is O=C(Nc1ccccc1O)c1cccc2c1CCCN2. The summed E-state index contributed by atoms with van der Waals surface area (Å²) in [5.41, 5.74) is 3.17. The molecule has 0 spiro atoms.